The summed E-state index contributed by atoms with van der Waals surface area (Å²) in [5, 5.41) is 2.72. The topological polar surface area (TPSA) is 52.7 Å². The van der Waals surface area contributed by atoms with Gasteiger partial charge in [0.15, 0.2) is 0 Å². The van der Waals surface area contributed by atoms with Crippen molar-refractivity contribution < 1.29 is 9.59 Å². The maximum absolute atomic E-state index is 12.9. The van der Waals surface area contributed by atoms with Crippen molar-refractivity contribution in [3.8, 4) is 0 Å². The van der Waals surface area contributed by atoms with Gasteiger partial charge in [-0.25, -0.2) is 0 Å². The Morgan fingerprint density at radius 3 is 2.57 bits per heavy atom. The lowest BCUT2D eigenvalue weighted by Gasteiger charge is -2.36. The maximum atomic E-state index is 12.9. The zero-order valence-corrected chi connectivity index (χ0v) is 13.9. The van der Waals surface area contributed by atoms with Crippen LogP contribution in [0.4, 0.5) is 5.69 Å². The van der Waals surface area contributed by atoms with Crippen LogP contribution in [0.5, 0.6) is 0 Å². The highest BCUT2D eigenvalue weighted by molar-refractivity contribution is 5.98. The molecular weight excluding hydrogens is 290 g/mol. The normalized spacial score (nSPS) is 20.2. The van der Waals surface area contributed by atoms with Gasteiger partial charge in [0.1, 0.15) is 0 Å². The van der Waals surface area contributed by atoms with Crippen LogP contribution in [0.1, 0.15) is 25.3 Å². The smallest absolute Gasteiger partial charge is 0.244 e. The molecule has 5 heteroatoms. The number of carbonyl (C=O) groups excluding carboxylic acids is 2. The minimum Gasteiger partial charge on any atom is -0.359 e. The molecule has 1 aromatic rings. The van der Waals surface area contributed by atoms with Gasteiger partial charge in [-0.15, -0.1) is 0 Å². The van der Waals surface area contributed by atoms with Crippen LogP contribution in [-0.2, 0) is 16.0 Å². The highest BCUT2D eigenvalue weighted by Crippen LogP contribution is 2.29. The third-order valence-electron chi connectivity index (χ3n) is 5.21. The van der Waals surface area contributed by atoms with Crippen molar-refractivity contribution in [2.24, 2.45) is 5.92 Å². The number of para-hydroxylation sites is 1. The van der Waals surface area contributed by atoms with E-state index in [0.717, 1.165) is 44.6 Å². The second-order valence-electron chi connectivity index (χ2n) is 6.47. The van der Waals surface area contributed by atoms with Gasteiger partial charge >= 0.3 is 0 Å². The van der Waals surface area contributed by atoms with E-state index in [4.69, 9.17) is 0 Å². The molecule has 2 heterocycles. The van der Waals surface area contributed by atoms with Crippen LogP contribution in [0, 0.1) is 5.92 Å². The number of nitrogens with zero attached hydrogens (tertiary/aromatic N) is 2. The molecule has 23 heavy (non-hydrogen) atoms. The minimum atomic E-state index is -0.133. The SMILES string of the molecule is CNC(=O)C1CCN([C@H](C)C(=O)N2CCc3ccccc32)CC1. The summed E-state index contributed by atoms with van der Waals surface area (Å²) in [6.45, 7) is 4.38. The van der Waals surface area contributed by atoms with E-state index < -0.39 is 0 Å². The summed E-state index contributed by atoms with van der Waals surface area (Å²) in [5.41, 5.74) is 2.32. The minimum absolute atomic E-state index is 0.0889. The first-order valence-electron chi connectivity index (χ1n) is 8.46. The lowest BCUT2D eigenvalue weighted by atomic mass is 9.95. The van der Waals surface area contributed by atoms with E-state index in [1.54, 1.807) is 7.05 Å². The van der Waals surface area contributed by atoms with Crippen LogP contribution >= 0.6 is 0 Å². The number of amides is 2. The van der Waals surface area contributed by atoms with Crippen molar-refractivity contribution in [3.63, 3.8) is 0 Å². The molecule has 0 spiro atoms. The molecule has 0 unspecified atom stereocenters. The van der Waals surface area contributed by atoms with E-state index in [2.05, 4.69) is 16.3 Å². The van der Waals surface area contributed by atoms with Gasteiger partial charge in [0.2, 0.25) is 11.8 Å². The van der Waals surface area contributed by atoms with E-state index in [-0.39, 0.29) is 23.8 Å². The first-order valence-corrected chi connectivity index (χ1v) is 8.46. The molecule has 1 atom stereocenters. The third-order valence-corrected chi connectivity index (χ3v) is 5.21. The van der Waals surface area contributed by atoms with Crippen molar-refractivity contribution >= 4 is 17.5 Å². The number of likely N-dealkylation sites (tertiary alicyclic amines) is 1. The third kappa shape index (κ3) is 3.11. The highest BCUT2D eigenvalue weighted by atomic mass is 16.2. The predicted molar refractivity (Wildman–Crippen MR) is 90.3 cm³/mol. The van der Waals surface area contributed by atoms with Crippen molar-refractivity contribution in [2.75, 3.05) is 31.6 Å². The molecule has 1 aromatic carbocycles. The van der Waals surface area contributed by atoms with E-state index >= 15 is 0 Å². The van der Waals surface area contributed by atoms with Gasteiger partial charge < -0.3 is 10.2 Å². The molecule has 0 aliphatic carbocycles. The largest absolute Gasteiger partial charge is 0.359 e. The van der Waals surface area contributed by atoms with Gasteiger partial charge in [-0.2, -0.15) is 0 Å². The highest BCUT2D eigenvalue weighted by Gasteiger charge is 2.33. The molecule has 2 aliphatic heterocycles. The van der Waals surface area contributed by atoms with Gasteiger partial charge in [0.25, 0.3) is 0 Å². The summed E-state index contributed by atoms with van der Waals surface area (Å²) < 4.78 is 0. The number of nitrogens with one attached hydrogen (secondary N) is 1. The van der Waals surface area contributed by atoms with Crippen molar-refractivity contribution in [2.45, 2.75) is 32.2 Å². The molecule has 124 valence electrons. The first-order chi connectivity index (χ1) is 11.1. The second-order valence-corrected chi connectivity index (χ2v) is 6.47. The van der Waals surface area contributed by atoms with Crippen LogP contribution in [0.25, 0.3) is 0 Å². The zero-order valence-electron chi connectivity index (χ0n) is 13.9. The number of hydrogen-bond acceptors (Lipinski definition) is 3. The van der Waals surface area contributed by atoms with Crippen LogP contribution in [0.3, 0.4) is 0 Å². The predicted octanol–water partition coefficient (Wildman–Crippen LogP) is 1.42. The second kappa shape index (κ2) is 6.71. The van der Waals surface area contributed by atoms with Gasteiger partial charge in [-0.1, -0.05) is 18.2 Å². The van der Waals surface area contributed by atoms with Crippen LogP contribution < -0.4 is 10.2 Å². The average molecular weight is 315 g/mol. The van der Waals surface area contributed by atoms with Gasteiger partial charge in [-0.05, 0) is 50.9 Å². The first kappa shape index (κ1) is 16.0. The fraction of sp³-hybridized carbons (Fsp3) is 0.556. The molecule has 3 rings (SSSR count). The quantitative estimate of drug-likeness (QED) is 0.918. The number of rotatable bonds is 3. The Kier molecular flexibility index (Phi) is 4.66. The maximum Gasteiger partial charge on any atom is 0.244 e. The summed E-state index contributed by atoms with van der Waals surface area (Å²) in [4.78, 5) is 28.7. The van der Waals surface area contributed by atoms with E-state index in [0.29, 0.717) is 0 Å². The number of fused-ring (bicyclic) bond motifs is 1. The molecule has 2 aliphatic rings. The molecular formula is C18H25N3O2. The molecule has 0 radical (unpaired) electrons. The van der Waals surface area contributed by atoms with Gasteiger partial charge in [0, 0.05) is 25.2 Å². The standard InChI is InChI=1S/C18H25N3O2/c1-13(20-10-7-15(8-11-20)17(22)19-2)18(23)21-12-9-14-5-3-4-6-16(14)21/h3-6,13,15H,7-12H2,1-2H3,(H,19,22)/t13-/m1/s1. The van der Waals surface area contributed by atoms with E-state index in [1.165, 1.54) is 5.56 Å². The summed E-state index contributed by atoms with van der Waals surface area (Å²) in [6, 6.07) is 8.02. The Morgan fingerprint density at radius 2 is 1.87 bits per heavy atom. The number of anilines is 1. The Labute approximate surface area is 137 Å². The van der Waals surface area contributed by atoms with Crippen molar-refractivity contribution in [1.29, 1.82) is 0 Å². The summed E-state index contributed by atoms with van der Waals surface area (Å²) in [6.07, 6.45) is 2.59. The molecule has 1 fully saturated rings. The van der Waals surface area contributed by atoms with Gasteiger partial charge in [-0.3, -0.25) is 14.5 Å². The van der Waals surface area contributed by atoms with E-state index in [9.17, 15) is 9.59 Å². The van der Waals surface area contributed by atoms with Crippen molar-refractivity contribution in [1.82, 2.24) is 10.2 Å². The molecule has 2 amide bonds. The molecule has 1 N–H and O–H groups in total. The molecule has 0 aromatic heterocycles. The van der Waals surface area contributed by atoms with Gasteiger partial charge in [0.05, 0.1) is 6.04 Å². The molecule has 0 saturated carbocycles. The lowest BCUT2D eigenvalue weighted by Crippen LogP contribution is -2.50. The Morgan fingerprint density at radius 1 is 1.17 bits per heavy atom. The van der Waals surface area contributed by atoms with Crippen LogP contribution in [0.2, 0.25) is 0 Å². The Bertz CT molecular complexity index is 594. The van der Waals surface area contributed by atoms with Crippen LogP contribution in [0.15, 0.2) is 24.3 Å². The lowest BCUT2D eigenvalue weighted by molar-refractivity contribution is -0.127. The monoisotopic (exact) mass is 315 g/mol. The Hall–Kier alpha value is -1.88. The zero-order chi connectivity index (χ0) is 16.4. The summed E-state index contributed by atoms with van der Waals surface area (Å²) in [7, 11) is 1.69. The fourth-order valence-electron chi connectivity index (χ4n) is 3.70. The van der Waals surface area contributed by atoms with Crippen LogP contribution in [-0.4, -0.2) is 49.4 Å². The van der Waals surface area contributed by atoms with Crippen molar-refractivity contribution in [3.05, 3.63) is 29.8 Å². The molecule has 1 saturated heterocycles. The Balaban J connectivity index is 1.62. The summed E-state index contributed by atoms with van der Waals surface area (Å²) in [5.74, 6) is 0.386. The average Bonchev–Trinajstić information content (AvgIpc) is 3.04. The number of carbonyl (C=O) groups is 2. The van der Waals surface area contributed by atoms with E-state index in [1.807, 2.05) is 30.0 Å². The number of benzene rings is 1. The number of hydrogen-bond donors (Lipinski definition) is 1. The molecule has 5 nitrogen and oxygen atoms in total. The summed E-state index contributed by atoms with van der Waals surface area (Å²) >= 11 is 0. The number of piperidine rings is 1. The fourth-order valence-corrected chi connectivity index (χ4v) is 3.70. The molecule has 0 bridgehead atoms.